The van der Waals surface area contributed by atoms with E-state index < -0.39 is 6.04 Å². The molecule has 1 aromatic rings. The lowest BCUT2D eigenvalue weighted by atomic mass is 9.97. The zero-order chi connectivity index (χ0) is 18.8. The van der Waals surface area contributed by atoms with E-state index >= 15 is 0 Å². The molecule has 2 amide bonds. The maximum absolute atomic E-state index is 12.6. The number of hydrogen-bond donors (Lipinski definition) is 3. The molecule has 2 atom stereocenters. The summed E-state index contributed by atoms with van der Waals surface area (Å²) in [5.74, 6) is -0.216. The Bertz CT molecular complexity index is 564. The molecule has 7 heteroatoms. The maximum Gasteiger partial charge on any atom is 0.251 e. The molecule has 1 aliphatic heterocycles. The molecule has 1 saturated heterocycles. The van der Waals surface area contributed by atoms with Crippen molar-refractivity contribution >= 4 is 24.2 Å². The van der Waals surface area contributed by atoms with Crippen LogP contribution in [-0.2, 0) is 4.79 Å². The summed E-state index contributed by atoms with van der Waals surface area (Å²) >= 11 is 0. The maximum atomic E-state index is 12.6. The minimum atomic E-state index is -0.508. The van der Waals surface area contributed by atoms with Gasteiger partial charge in [0.15, 0.2) is 0 Å². The zero-order valence-corrected chi connectivity index (χ0v) is 17.2. The average Bonchev–Trinajstić information content (AvgIpc) is 2.70. The molecule has 1 aromatic carbocycles. The molecule has 1 aliphatic rings. The highest BCUT2D eigenvalue weighted by molar-refractivity contribution is 5.97. The third-order valence-corrected chi connectivity index (χ3v) is 4.98. The molecule has 0 radical (unpaired) electrons. The van der Waals surface area contributed by atoms with Gasteiger partial charge in [-0.2, -0.15) is 0 Å². The molecule has 0 bridgehead atoms. The Labute approximate surface area is 168 Å². The Morgan fingerprint density at radius 2 is 1.85 bits per heavy atom. The molecule has 0 aliphatic carbocycles. The molecule has 27 heavy (non-hydrogen) atoms. The Morgan fingerprint density at radius 1 is 1.19 bits per heavy atom. The van der Waals surface area contributed by atoms with Crippen molar-refractivity contribution in [2.75, 3.05) is 39.3 Å². The summed E-state index contributed by atoms with van der Waals surface area (Å²) in [4.78, 5) is 27.4. The molecule has 1 heterocycles. The van der Waals surface area contributed by atoms with E-state index in [9.17, 15) is 9.59 Å². The first-order valence-corrected chi connectivity index (χ1v) is 9.68. The monoisotopic (exact) mass is 396 g/mol. The smallest absolute Gasteiger partial charge is 0.251 e. The number of nitrogens with one attached hydrogen (secondary N) is 3. The number of carbonyl (C=O) groups is 2. The Balaban J connectivity index is 0.00000364. The number of hydrogen-bond acceptors (Lipinski definition) is 4. The van der Waals surface area contributed by atoms with Crippen LogP contribution in [0.5, 0.6) is 0 Å². The quantitative estimate of drug-likeness (QED) is 0.555. The number of amides is 2. The summed E-state index contributed by atoms with van der Waals surface area (Å²) in [6.07, 6.45) is 1.75. The van der Waals surface area contributed by atoms with Crippen LogP contribution in [0.3, 0.4) is 0 Å². The molecule has 2 unspecified atom stereocenters. The van der Waals surface area contributed by atoms with E-state index in [0.717, 1.165) is 45.6 Å². The van der Waals surface area contributed by atoms with Crippen LogP contribution in [0.25, 0.3) is 0 Å². The van der Waals surface area contributed by atoms with Gasteiger partial charge in [0.25, 0.3) is 5.91 Å². The molecule has 0 spiro atoms. The Hall–Kier alpha value is -1.63. The molecular weight excluding hydrogens is 364 g/mol. The van der Waals surface area contributed by atoms with Crippen LogP contribution >= 0.6 is 12.4 Å². The van der Waals surface area contributed by atoms with Crippen LogP contribution in [0, 0.1) is 5.92 Å². The Kier molecular flexibility index (Phi) is 11.0. The van der Waals surface area contributed by atoms with Crippen LogP contribution in [0.15, 0.2) is 30.3 Å². The van der Waals surface area contributed by atoms with Gasteiger partial charge < -0.3 is 20.9 Å². The minimum absolute atomic E-state index is 0. The van der Waals surface area contributed by atoms with Crippen LogP contribution in [0.2, 0.25) is 0 Å². The highest BCUT2D eigenvalue weighted by atomic mass is 35.5. The second-order valence-corrected chi connectivity index (χ2v) is 6.94. The number of rotatable bonds is 9. The van der Waals surface area contributed by atoms with Gasteiger partial charge in [0.1, 0.15) is 6.04 Å². The number of benzene rings is 1. The van der Waals surface area contributed by atoms with Crippen molar-refractivity contribution in [1.29, 1.82) is 0 Å². The first-order chi connectivity index (χ1) is 12.6. The van der Waals surface area contributed by atoms with Gasteiger partial charge in [-0.1, -0.05) is 38.5 Å². The second-order valence-electron chi connectivity index (χ2n) is 6.94. The number of piperazine rings is 1. The van der Waals surface area contributed by atoms with Crippen molar-refractivity contribution in [3.05, 3.63) is 35.9 Å². The molecule has 6 nitrogen and oxygen atoms in total. The summed E-state index contributed by atoms with van der Waals surface area (Å²) in [7, 11) is 0. The standard InChI is InChI=1S/C20H32N4O2.ClH/c1-3-16(2)18(23-19(25)17-8-5-4-6-9-17)20(26)22-10-7-13-24-14-11-21-12-15-24;/h4-6,8-9,16,18,21H,3,7,10-15H2,1-2H3,(H,22,26)(H,23,25);1H. The topological polar surface area (TPSA) is 73.5 Å². The van der Waals surface area contributed by atoms with E-state index in [4.69, 9.17) is 0 Å². The van der Waals surface area contributed by atoms with Gasteiger partial charge in [-0.25, -0.2) is 0 Å². The van der Waals surface area contributed by atoms with Crippen molar-refractivity contribution in [1.82, 2.24) is 20.9 Å². The normalized spacial score (nSPS) is 16.7. The molecule has 3 N–H and O–H groups in total. The largest absolute Gasteiger partial charge is 0.354 e. The average molecular weight is 397 g/mol. The van der Waals surface area contributed by atoms with E-state index in [1.807, 2.05) is 32.0 Å². The molecule has 152 valence electrons. The fourth-order valence-electron chi connectivity index (χ4n) is 3.07. The van der Waals surface area contributed by atoms with Gasteiger partial charge in [-0.15, -0.1) is 12.4 Å². The molecule has 1 fully saturated rings. The van der Waals surface area contributed by atoms with Crippen LogP contribution in [0.1, 0.15) is 37.0 Å². The fourth-order valence-corrected chi connectivity index (χ4v) is 3.07. The Morgan fingerprint density at radius 3 is 2.48 bits per heavy atom. The molecule has 0 aromatic heterocycles. The van der Waals surface area contributed by atoms with Crippen LogP contribution in [-0.4, -0.2) is 62.0 Å². The third-order valence-electron chi connectivity index (χ3n) is 4.98. The summed E-state index contributed by atoms with van der Waals surface area (Å²) in [5.41, 5.74) is 0.576. The molecular formula is C20H33ClN4O2. The van der Waals surface area contributed by atoms with Crippen LogP contribution in [0.4, 0.5) is 0 Å². The van der Waals surface area contributed by atoms with Gasteiger partial charge >= 0.3 is 0 Å². The number of nitrogens with zero attached hydrogens (tertiary/aromatic N) is 1. The van der Waals surface area contributed by atoms with Gasteiger partial charge in [0.2, 0.25) is 5.91 Å². The van der Waals surface area contributed by atoms with E-state index in [1.54, 1.807) is 12.1 Å². The lowest BCUT2D eigenvalue weighted by molar-refractivity contribution is -0.124. The van der Waals surface area contributed by atoms with Crippen molar-refractivity contribution in [3.8, 4) is 0 Å². The van der Waals surface area contributed by atoms with E-state index in [2.05, 4.69) is 20.9 Å². The highest BCUT2D eigenvalue weighted by Gasteiger charge is 2.26. The van der Waals surface area contributed by atoms with Gasteiger partial charge in [0, 0.05) is 38.3 Å². The summed E-state index contributed by atoms with van der Waals surface area (Å²) in [6.45, 7) is 9.86. The first-order valence-electron chi connectivity index (χ1n) is 9.68. The van der Waals surface area contributed by atoms with Crippen LogP contribution < -0.4 is 16.0 Å². The summed E-state index contributed by atoms with van der Waals surface area (Å²) < 4.78 is 0. The predicted molar refractivity (Wildman–Crippen MR) is 111 cm³/mol. The van der Waals surface area contributed by atoms with Gasteiger partial charge in [0.05, 0.1) is 0 Å². The second kappa shape index (κ2) is 12.7. The molecule has 0 saturated carbocycles. The third kappa shape index (κ3) is 7.87. The predicted octanol–water partition coefficient (Wildman–Crippen LogP) is 1.66. The van der Waals surface area contributed by atoms with Crippen molar-refractivity contribution in [2.24, 2.45) is 5.92 Å². The van der Waals surface area contributed by atoms with Crippen molar-refractivity contribution in [2.45, 2.75) is 32.7 Å². The first kappa shape index (κ1) is 23.4. The highest BCUT2D eigenvalue weighted by Crippen LogP contribution is 2.10. The summed E-state index contributed by atoms with van der Waals surface area (Å²) in [6, 6.07) is 8.52. The van der Waals surface area contributed by atoms with E-state index in [-0.39, 0.29) is 30.1 Å². The number of halogens is 1. The van der Waals surface area contributed by atoms with Gasteiger partial charge in [-0.3, -0.25) is 9.59 Å². The van der Waals surface area contributed by atoms with E-state index in [0.29, 0.717) is 12.1 Å². The molecule has 2 rings (SSSR count). The van der Waals surface area contributed by atoms with Gasteiger partial charge in [-0.05, 0) is 31.0 Å². The number of carbonyl (C=O) groups excluding carboxylic acids is 2. The lowest BCUT2D eigenvalue weighted by Crippen LogP contribution is -2.50. The SMILES string of the molecule is CCC(C)C(NC(=O)c1ccccc1)C(=O)NCCCN1CCNCC1.Cl. The summed E-state index contributed by atoms with van der Waals surface area (Å²) in [5, 5.41) is 9.24. The zero-order valence-electron chi connectivity index (χ0n) is 16.4. The lowest BCUT2D eigenvalue weighted by Gasteiger charge is -2.27. The minimum Gasteiger partial charge on any atom is -0.354 e. The van der Waals surface area contributed by atoms with Crippen molar-refractivity contribution < 1.29 is 9.59 Å². The fraction of sp³-hybridized carbons (Fsp3) is 0.600. The van der Waals surface area contributed by atoms with E-state index in [1.165, 1.54) is 0 Å². The van der Waals surface area contributed by atoms with Crippen molar-refractivity contribution in [3.63, 3.8) is 0 Å².